The van der Waals surface area contributed by atoms with Gasteiger partial charge in [-0.15, -0.1) is 0 Å². The average Bonchev–Trinajstić information content (AvgIpc) is 2.86. The third-order valence-electron chi connectivity index (χ3n) is 6.32. The van der Waals surface area contributed by atoms with Gasteiger partial charge < -0.3 is 9.64 Å². The Bertz CT molecular complexity index is 1150. The first-order chi connectivity index (χ1) is 16.3. The largest absolute Gasteiger partial charge is 0.370 e. The lowest BCUT2D eigenvalue weighted by Gasteiger charge is -2.46. The number of aliphatic imine (C=N–C) groups is 1. The van der Waals surface area contributed by atoms with Gasteiger partial charge in [0, 0.05) is 44.4 Å². The Morgan fingerprint density at radius 3 is 2.65 bits per heavy atom. The summed E-state index contributed by atoms with van der Waals surface area (Å²) >= 11 is 12.5. The highest BCUT2D eigenvalue weighted by molar-refractivity contribution is 6.37. The number of carbonyl (C=O) groups is 1. The predicted octanol–water partition coefficient (Wildman–Crippen LogP) is 5.43. The van der Waals surface area contributed by atoms with Gasteiger partial charge in [0.05, 0.1) is 34.4 Å². The molecule has 2 aromatic carbocycles. The highest BCUT2D eigenvalue weighted by Gasteiger charge is 2.36. The maximum atomic E-state index is 14.2. The normalized spacial score (nSPS) is 22.0. The van der Waals surface area contributed by atoms with Crippen LogP contribution in [-0.2, 0) is 4.74 Å². The molecule has 34 heavy (non-hydrogen) atoms. The van der Waals surface area contributed by atoms with Crippen molar-refractivity contribution in [2.24, 2.45) is 4.99 Å². The lowest BCUT2D eigenvalue weighted by Crippen LogP contribution is -2.59. The highest BCUT2D eigenvalue weighted by Crippen LogP contribution is 2.32. The fourth-order valence-corrected chi connectivity index (χ4v) is 4.96. The summed E-state index contributed by atoms with van der Waals surface area (Å²) in [4.78, 5) is 21.0. The zero-order chi connectivity index (χ0) is 24.4. The Kier molecular flexibility index (Phi) is 7.67. The molecule has 0 saturated carbocycles. The van der Waals surface area contributed by atoms with E-state index in [-0.39, 0.29) is 33.7 Å². The Balaban J connectivity index is 1.47. The number of hydrogen-bond donors (Lipinski definition) is 0. The molecule has 0 unspecified atom stereocenters. The van der Waals surface area contributed by atoms with Crippen LogP contribution in [0.25, 0.3) is 5.57 Å². The summed E-state index contributed by atoms with van der Waals surface area (Å²) in [6.45, 7) is 4.43. The van der Waals surface area contributed by atoms with Gasteiger partial charge in [-0.25, -0.2) is 4.39 Å². The topological polar surface area (TPSA) is 45.1 Å². The molecule has 2 aliphatic rings. The van der Waals surface area contributed by atoms with Crippen LogP contribution in [0, 0.1) is 5.82 Å². The second-order valence-corrected chi connectivity index (χ2v) is 9.06. The maximum Gasteiger partial charge on any atom is 0.255 e. The molecule has 9 heteroatoms. The molecule has 2 aromatic rings. The van der Waals surface area contributed by atoms with E-state index in [1.54, 1.807) is 48.2 Å². The van der Waals surface area contributed by atoms with Crippen LogP contribution >= 0.6 is 23.2 Å². The van der Waals surface area contributed by atoms with E-state index in [9.17, 15) is 13.6 Å². The maximum absolute atomic E-state index is 14.2. The summed E-state index contributed by atoms with van der Waals surface area (Å²) < 4.78 is 33.8. The number of halogens is 4. The monoisotopic (exact) mass is 507 g/mol. The highest BCUT2D eigenvalue weighted by atomic mass is 35.5. The van der Waals surface area contributed by atoms with Crippen LogP contribution in [-0.4, -0.2) is 67.5 Å². The number of piperazine rings is 1. The molecule has 0 N–H and O–H groups in total. The number of rotatable bonds is 4. The molecule has 2 fully saturated rings. The van der Waals surface area contributed by atoms with E-state index >= 15 is 0 Å². The number of allylic oxidation sites excluding steroid dienone is 2. The van der Waals surface area contributed by atoms with Crippen molar-refractivity contribution in [3.8, 4) is 0 Å². The van der Waals surface area contributed by atoms with Crippen molar-refractivity contribution >= 4 is 40.6 Å². The number of nitrogens with zero attached hydrogens (tertiary/aromatic N) is 3. The first kappa shape index (κ1) is 24.8. The van der Waals surface area contributed by atoms with Crippen molar-refractivity contribution in [3.63, 3.8) is 0 Å². The molecule has 180 valence electrons. The molecule has 0 bridgehead atoms. The summed E-state index contributed by atoms with van der Waals surface area (Å²) in [5.74, 6) is -1.30. The third kappa shape index (κ3) is 4.89. The van der Waals surface area contributed by atoms with Gasteiger partial charge in [-0.1, -0.05) is 47.5 Å². The van der Waals surface area contributed by atoms with Gasteiger partial charge in [-0.05, 0) is 30.7 Å². The van der Waals surface area contributed by atoms with Gasteiger partial charge in [0.15, 0.2) is 0 Å². The summed E-state index contributed by atoms with van der Waals surface area (Å²) in [5, 5.41) is 0.277. The molecule has 0 aliphatic carbocycles. The van der Waals surface area contributed by atoms with Crippen molar-refractivity contribution in [2.45, 2.75) is 19.1 Å². The Hall–Kier alpha value is -2.32. The molecule has 0 radical (unpaired) electrons. The Morgan fingerprint density at radius 1 is 1.18 bits per heavy atom. The van der Waals surface area contributed by atoms with Crippen molar-refractivity contribution < 1.29 is 18.3 Å². The van der Waals surface area contributed by atoms with E-state index in [0.29, 0.717) is 43.9 Å². The number of fused-ring (bicyclic) bond motifs is 1. The molecule has 1 amide bonds. The number of carbonyl (C=O) groups excluding carboxylic acids is 1. The number of hydrogen-bond acceptors (Lipinski definition) is 4. The SMILES string of the molecule is C/C=C(\C(F)=NC)c1cccc(C(=O)N2CCN3C[C@@H](c4ccc(F)c(Cl)c4)OC[C@@H]3C2)c1Cl. The zero-order valence-corrected chi connectivity index (χ0v) is 20.4. The summed E-state index contributed by atoms with van der Waals surface area (Å²) in [7, 11) is 1.36. The quantitative estimate of drug-likeness (QED) is 0.518. The fourth-order valence-electron chi connectivity index (χ4n) is 4.46. The molecule has 5 nitrogen and oxygen atoms in total. The molecule has 2 heterocycles. The van der Waals surface area contributed by atoms with Gasteiger partial charge in [0.1, 0.15) is 5.82 Å². The smallest absolute Gasteiger partial charge is 0.255 e. The van der Waals surface area contributed by atoms with E-state index in [1.807, 2.05) is 0 Å². The molecule has 0 aromatic heterocycles. The summed E-state index contributed by atoms with van der Waals surface area (Å²) in [5.41, 5.74) is 1.83. The summed E-state index contributed by atoms with van der Waals surface area (Å²) in [6, 6.07) is 9.68. The second-order valence-electron chi connectivity index (χ2n) is 8.28. The van der Waals surface area contributed by atoms with E-state index in [4.69, 9.17) is 27.9 Å². The third-order valence-corrected chi connectivity index (χ3v) is 7.02. The van der Waals surface area contributed by atoms with Crippen molar-refractivity contribution in [1.82, 2.24) is 9.80 Å². The molecule has 2 saturated heterocycles. The molecule has 2 atom stereocenters. The van der Waals surface area contributed by atoms with Crippen LogP contribution in [0.2, 0.25) is 10.0 Å². The Labute approximate surface area is 207 Å². The van der Waals surface area contributed by atoms with Crippen LogP contribution < -0.4 is 0 Å². The molecule has 2 aliphatic heterocycles. The van der Waals surface area contributed by atoms with Gasteiger partial charge in [0.25, 0.3) is 5.91 Å². The Morgan fingerprint density at radius 2 is 1.94 bits per heavy atom. The molecule has 0 spiro atoms. The van der Waals surface area contributed by atoms with E-state index < -0.39 is 11.8 Å². The van der Waals surface area contributed by atoms with Gasteiger partial charge >= 0.3 is 0 Å². The zero-order valence-electron chi connectivity index (χ0n) is 18.9. The van der Waals surface area contributed by atoms with Crippen LogP contribution in [0.4, 0.5) is 8.78 Å². The van der Waals surface area contributed by atoms with E-state index in [1.165, 1.54) is 13.1 Å². The number of ether oxygens (including phenoxy) is 1. The number of amides is 1. The summed E-state index contributed by atoms with van der Waals surface area (Å²) in [6.07, 6.45) is 1.37. The van der Waals surface area contributed by atoms with Crippen LogP contribution in [0.5, 0.6) is 0 Å². The van der Waals surface area contributed by atoms with E-state index in [0.717, 1.165) is 5.56 Å². The van der Waals surface area contributed by atoms with Crippen molar-refractivity contribution in [1.29, 1.82) is 0 Å². The molecular weight excluding hydrogens is 483 g/mol. The first-order valence-electron chi connectivity index (χ1n) is 11.0. The molecular formula is C25H25Cl2F2N3O2. The second kappa shape index (κ2) is 10.5. The first-order valence-corrected chi connectivity index (χ1v) is 11.8. The number of benzene rings is 2. The van der Waals surface area contributed by atoms with Crippen LogP contribution in [0.3, 0.4) is 0 Å². The van der Waals surface area contributed by atoms with Crippen molar-refractivity contribution in [2.75, 3.05) is 39.8 Å². The molecule has 4 rings (SSSR count). The number of morpholine rings is 1. The lowest BCUT2D eigenvalue weighted by molar-refractivity contribution is -0.0858. The fraction of sp³-hybridized carbons (Fsp3) is 0.360. The standard InChI is InChI=1S/C25H25Cl2F2N3O2/c1-3-17(24(29)30-2)18-5-4-6-19(23(18)27)25(33)32-10-9-31-13-22(34-14-16(31)12-32)15-7-8-21(28)20(26)11-15/h3-8,11,16,22H,9-10,12-14H2,1-2H3/b17-3-,30-24?/t16-,22-/m0/s1. The van der Waals surface area contributed by atoms with Crippen LogP contribution in [0.15, 0.2) is 47.5 Å². The van der Waals surface area contributed by atoms with Crippen LogP contribution in [0.1, 0.15) is 34.5 Å². The predicted molar refractivity (Wildman–Crippen MR) is 131 cm³/mol. The lowest BCUT2D eigenvalue weighted by atomic mass is 10.0. The van der Waals surface area contributed by atoms with Gasteiger partial charge in [-0.3, -0.25) is 14.7 Å². The average molecular weight is 508 g/mol. The minimum absolute atomic E-state index is 0.0302. The van der Waals surface area contributed by atoms with E-state index in [2.05, 4.69) is 9.89 Å². The van der Waals surface area contributed by atoms with Gasteiger partial charge in [-0.2, -0.15) is 4.39 Å². The minimum atomic E-state index is -0.640. The van der Waals surface area contributed by atoms with Crippen molar-refractivity contribution in [3.05, 3.63) is 75.0 Å². The van der Waals surface area contributed by atoms with Gasteiger partial charge in [0.2, 0.25) is 5.97 Å². The minimum Gasteiger partial charge on any atom is -0.370 e.